The molecule has 23 heavy (non-hydrogen) atoms. The van der Waals surface area contributed by atoms with Crippen LogP contribution in [0.1, 0.15) is 17.3 Å². The minimum absolute atomic E-state index is 0.0155. The minimum atomic E-state index is 0.0155. The molecule has 0 bridgehead atoms. The molecule has 1 fully saturated rings. The van der Waals surface area contributed by atoms with Crippen LogP contribution in [0.4, 0.5) is 0 Å². The molecule has 0 saturated carbocycles. The van der Waals surface area contributed by atoms with Crippen LogP contribution in [-0.4, -0.2) is 41.5 Å². The average molecular weight is 376 g/mol. The molecule has 1 aromatic heterocycles. The van der Waals surface area contributed by atoms with Crippen LogP contribution in [0.5, 0.6) is 11.6 Å². The highest BCUT2D eigenvalue weighted by Gasteiger charge is 2.24. The maximum Gasteiger partial charge on any atom is 0.255 e. The van der Waals surface area contributed by atoms with Gasteiger partial charge < -0.3 is 15.0 Å². The van der Waals surface area contributed by atoms with Gasteiger partial charge in [-0.3, -0.25) is 4.79 Å². The van der Waals surface area contributed by atoms with Crippen molar-refractivity contribution in [2.45, 2.75) is 13.0 Å². The van der Waals surface area contributed by atoms with E-state index in [4.69, 9.17) is 4.74 Å². The Kier molecular flexibility index (Phi) is 4.93. The molecule has 5 nitrogen and oxygen atoms in total. The van der Waals surface area contributed by atoms with Crippen molar-refractivity contribution < 1.29 is 9.53 Å². The van der Waals surface area contributed by atoms with E-state index in [0.717, 1.165) is 24.1 Å². The third-order valence-electron chi connectivity index (χ3n) is 3.78. The van der Waals surface area contributed by atoms with Crippen LogP contribution in [0.3, 0.4) is 0 Å². The minimum Gasteiger partial charge on any atom is -0.439 e. The van der Waals surface area contributed by atoms with Gasteiger partial charge in [-0.2, -0.15) is 0 Å². The predicted molar refractivity (Wildman–Crippen MR) is 91.8 cm³/mol. The van der Waals surface area contributed by atoms with Gasteiger partial charge >= 0.3 is 0 Å². The Balaban J connectivity index is 1.69. The number of rotatable bonds is 3. The number of carbonyl (C=O) groups excluding carboxylic acids is 1. The molecular weight excluding hydrogens is 358 g/mol. The van der Waals surface area contributed by atoms with E-state index in [1.807, 2.05) is 36.1 Å². The van der Waals surface area contributed by atoms with Gasteiger partial charge in [0.15, 0.2) is 0 Å². The van der Waals surface area contributed by atoms with Gasteiger partial charge in [0.2, 0.25) is 5.88 Å². The SMILES string of the molecule is C[C@@H]1CNCCN1C(=O)c1ccc(Oc2ccc(Br)cc2)nc1. The molecule has 1 N–H and O–H groups in total. The van der Waals surface area contributed by atoms with Crippen molar-refractivity contribution in [3.8, 4) is 11.6 Å². The fraction of sp³-hybridized carbons (Fsp3) is 0.294. The molecule has 1 aromatic carbocycles. The second-order valence-corrected chi connectivity index (χ2v) is 6.41. The van der Waals surface area contributed by atoms with Crippen LogP contribution in [0.2, 0.25) is 0 Å². The Labute approximate surface area is 143 Å². The van der Waals surface area contributed by atoms with Gasteiger partial charge in [0.05, 0.1) is 5.56 Å². The first kappa shape index (κ1) is 16.0. The standard InChI is InChI=1S/C17H18BrN3O2/c1-12-10-19-8-9-21(12)17(22)13-2-7-16(20-11-13)23-15-5-3-14(18)4-6-15/h2-7,11-12,19H,8-10H2,1H3/t12-/m1/s1. The predicted octanol–water partition coefficient (Wildman–Crippen LogP) is 3.07. The molecule has 2 aromatic rings. The third-order valence-corrected chi connectivity index (χ3v) is 4.31. The van der Waals surface area contributed by atoms with Crippen LogP contribution >= 0.6 is 15.9 Å². The fourth-order valence-electron chi connectivity index (χ4n) is 2.50. The van der Waals surface area contributed by atoms with Crippen molar-refractivity contribution in [1.82, 2.24) is 15.2 Å². The van der Waals surface area contributed by atoms with Crippen LogP contribution in [0.15, 0.2) is 47.1 Å². The van der Waals surface area contributed by atoms with E-state index in [2.05, 4.69) is 26.2 Å². The normalized spacial score (nSPS) is 17.8. The smallest absolute Gasteiger partial charge is 0.255 e. The van der Waals surface area contributed by atoms with Crippen molar-refractivity contribution >= 4 is 21.8 Å². The number of carbonyl (C=O) groups is 1. The summed E-state index contributed by atoms with van der Waals surface area (Å²) in [5, 5.41) is 3.28. The van der Waals surface area contributed by atoms with E-state index in [-0.39, 0.29) is 11.9 Å². The zero-order valence-corrected chi connectivity index (χ0v) is 14.4. The number of nitrogens with zero attached hydrogens (tertiary/aromatic N) is 2. The van der Waals surface area contributed by atoms with E-state index in [9.17, 15) is 4.79 Å². The Morgan fingerprint density at radius 3 is 2.74 bits per heavy atom. The molecule has 0 radical (unpaired) electrons. The number of pyridine rings is 1. The van der Waals surface area contributed by atoms with Crippen molar-refractivity contribution in [3.05, 3.63) is 52.6 Å². The topological polar surface area (TPSA) is 54.5 Å². The number of piperazine rings is 1. The average Bonchev–Trinajstić information content (AvgIpc) is 2.57. The van der Waals surface area contributed by atoms with Gasteiger partial charge in [-0.1, -0.05) is 15.9 Å². The first-order valence-electron chi connectivity index (χ1n) is 7.54. The zero-order chi connectivity index (χ0) is 16.2. The maximum absolute atomic E-state index is 12.5. The van der Waals surface area contributed by atoms with Crippen LogP contribution in [0.25, 0.3) is 0 Å². The monoisotopic (exact) mass is 375 g/mol. The quantitative estimate of drug-likeness (QED) is 0.895. The molecule has 1 amide bonds. The number of nitrogens with one attached hydrogen (secondary N) is 1. The van der Waals surface area contributed by atoms with Crippen LogP contribution in [-0.2, 0) is 0 Å². The summed E-state index contributed by atoms with van der Waals surface area (Å²) in [4.78, 5) is 18.6. The summed E-state index contributed by atoms with van der Waals surface area (Å²) in [6, 6.07) is 11.2. The number of benzene rings is 1. The number of ether oxygens (including phenoxy) is 1. The summed E-state index contributed by atoms with van der Waals surface area (Å²) in [5.74, 6) is 1.19. The molecule has 3 rings (SSSR count). The Hall–Kier alpha value is -1.92. The number of amides is 1. The highest BCUT2D eigenvalue weighted by atomic mass is 79.9. The molecular formula is C17H18BrN3O2. The Morgan fingerprint density at radius 2 is 2.09 bits per heavy atom. The van der Waals surface area contributed by atoms with Gasteiger partial charge in [0.25, 0.3) is 5.91 Å². The van der Waals surface area contributed by atoms with E-state index in [0.29, 0.717) is 17.2 Å². The molecule has 0 aliphatic carbocycles. The summed E-state index contributed by atoms with van der Waals surface area (Å²) >= 11 is 3.38. The van der Waals surface area contributed by atoms with E-state index < -0.39 is 0 Å². The summed E-state index contributed by atoms with van der Waals surface area (Å²) in [6.45, 7) is 4.41. The van der Waals surface area contributed by atoms with Crippen LogP contribution in [0, 0.1) is 0 Å². The summed E-state index contributed by atoms with van der Waals surface area (Å²) < 4.78 is 6.66. The number of hydrogen-bond acceptors (Lipinski definition) is 4. The molecule has 1 saturated heterocycles. The fourth-order valence-corrected chi connectivity index (χ4v) is 2.76. The molecule has 0 spiro atoms. The Morgan fingerprint density at radius 1 is 1.30 bits per heavy atom. The molecule has 1 aliphatic rings. The second kappa shape index (κ2) is 7.10. The first-order chi connectivity index (χ1) is 11.1. The van der Waals surface area contributed by atoms with Crippen molar-refractivity contribution in [1.29, 1.82) is 0 Å². The largest absolute Gasteiger partial charge is 0.439 e. The maximum atomic E-state index is 12.5. The summed E-state index contributed by atoms with van der Waals surface area (Å²) in [6.07, 6.45) is 1.57. The lowest BCUT2D eigenvalue weighted by Gasteiger charge is -2.33. The van der Waals surface area contributed by atoms with E-state index in [1.54, 1.807) is 18.3 Å². The number of halogens is 1. The zero-order valence-electron chi connectivity index (χ0n) is 12.8. The van der Waals surface area contributed by atoms with Crippen molar-refractivity contribution in [2.24, 2.45) is 0 Å². The lowest BCUT2D eigenvalue weighted by molar-refractivity contribution is 0.0655. The summed E-state index contributed by atoms with van der Waals surface area (Å²) in [5.41, 5.74) is 0.585. The van der Waals surface area contributed by atoms with Gasteiger partial charge in [0, 0.05) is 42.4 Å². The lowest BCUT2D eigenvalue weighted by Crippen LogP contribution is -2.52. The molecule has 2 heterocycles. The second-order valence-electron chi connectivity index (χ2n) is 5.49. The number of aromatic nitrogens is 1. The van der Waals surface area contributed by atoms with Crippen LogP contribution < -0.4 is 10.1 Å². The molecule has 6 heteroatoms. The van der Waals surface area contributed by atoms with Gasteiger partial charge in [-0.15, -0.1) is 0 Å². The van der Waals surface area contributed by atoms with Gasteiger partial charge in [-0.25, -0.2) is 4.98 Å². The molecule has 120 valence electrons. The lowest BCUT2D eigenvalue weighted by atomic mass is 10.1. The third kappa shape index (κ3) is 3.89. The van der Waals surface area contributed by atoms with Crippen molar-refractivity contribution in [2.75, 3.05) is 19.6 Å². The van der Waals surface area contributed by atoms with Gasteiger partial charge in [-0.05, 0) is 37.3 Å². The van der Waals surface area contributed by atoms with Crippen molar-refractivity contribution in [3.63, 3.8) is 0 Å². The molecule has 0 unspecified atom stereocenters. The van der Waals surface area contributed by atoms with Gasteiger partial charge in [0.1, 0.15) is 5.75 Å². The molecule has 1 aliphatic heterocycles. The first-order valence-corrected chi connectivity index (χ1v) is 8.34. The Bertz CT molecular complexity index is 673. The van der Waals surface area contributed by atoms with E-state index >= 15 is 0 Å². The summed E-state index contributed by atoms with van der Waals surface area (Å²) in [7, 11) is 0. The van der Waals surface area contributed by atoms with E-state index in [1.165, 1.54) is 0 Å². The molecule has 1 atom stereocenters. The highest BCUT2D eigenvalue weighted by Crippen LogP contribution is 2.22. The highest BCUT2D eigenvalue weighted by molar-refractivity contribution is 9.10. The number of hydrogen-bond donors (Lipinski definition) is 1.